The van der Waals surface area contributed by atoms with Crippen LogP contribution in [0.1, 0.15) is 25.5 Å². The molecule has 1 atom stereocenters. The second kappa shape index (κ2) is 5.61. The highest BCUT2D eigenvalue weighted by molar-refractivity contribution is 5.30. The molecule has 0 bridgehead atoms. The monoisotopic (exact) mass is 228 g/mol. The van der Waals surface area contributed by atoms with E-state index >= 15 is 0 Å². The molecule has 0 aliphatic carbocycles. The number of ether oxygens (including phenoxy) is 1. The lowest BCUT2D eigenvalue weighted by Gasteiger charge is -2.08. The van der Waals surface area contributed by atoms with Crippen LogP contribution in [0.5, 0.6) is 5.75 Å². The number of aliphatic hydroxyl groups excluding tert-OH is 1. The summed E-state index contributed by atoms with van der Waals surface area (Å²) in [5.41, 5.74) is 1.63. The van der Waals surface area contributed by atoms with Crippen LogP contribution >= 0.6 is 0 Å². The molecular formula is C12H14F2O2. The molecule has 0 fully saturated rings. The number of hydrogen-bond donors (Lipinski definition) is 1. The molecule has 0 saturated heterocycles. The topological polar surface area (TPSA) is 29.5 Å². The quantitative estimate of drug-likeness (QED) is 0.801. The zero-order chi connectivity index (χ0) is 12.1. The molecule has 1 aromatic rings. The molecule has 1 N–H and O–H groups in total. The zero-order valence-electron chi connectivity index (χ0n) is 9.15. The standard InChI is InChI=1S/C12H14F2O2/c1-8(2)7-11(15)9-3-5-10(6-4-9)16-12(13)14/h3-7,11-12,15H,1-2H3. The summed E-state index contributed by atoms with van der Waals surface area (Å²) in [5, 5.41) is 9.70. The van der Waals surface area contributed by atoms with Gasteiger partial charge < -0.3 is 9.84 Å². The highest BCUT2D eigenvalue weighted by Gasteiger charge is 2.06. The Morgan fingerprint density at radius 1 is 1.25 bits per heavy atom. The minimum Gasteiger partial charge on any atom is -0.435 e. The van der Waals surface area contributed by atoms with E-state index in [9.17, 15) is 13.9 Å². The molecule has 0 spiro atoms. The molecule has 0 aromatic heterocycles. The van der Waals surface area contributed by atoms with Crippen LogP contribution in [0.2, 0.25) is 0 Å². The lowest BCUT2D eigenvalue weighted by Crippen LogP contribution is -2.02. The third kappa shape index (κ3) is 3.98. The van der Waals surface area contributed by atoms with E-state index in [1.807, 2.05) is 13.8 Å². The van der Waals surface area contributed by atoms with Crippen molar-refractivity contribution in [2.45, 2.75) is 26.6 Å². The van der Waals surface area contributed by atoms with Gasteiger partial charge in [0, 0.05) is 0 Å². The average molecular weight is 228 g/mol. The van der Waals surface area contributed by atoms with Crippen LogP contribution in [0.3, 0.4) is 0 Å². The van der Waals surface area contributed by atoms with Crippen molar-refractivity contribution in [3.05, 3.63) is 41.5 Å². The van der Waals surface area contributed by atoms with Crippen molar-refractivity contribution >= 4 is 0 Å². The van der Waals surface area contributed by atoms with Crippen molar-refractivity contribution in [3.8, 4) is 5.75 Å². The molecule has 0 saturated carbocycles. The number of alkyl halides is 2. The SMILES string of the molecule is CC(C)=CC(O)c1ccc(OC(F)F)cc1. The molecule has 0 aliphatic rings. The van der Waals surface area contributed by atoms with Crippen molar-refractivity contribution in [2.24, 2.45) is 0 Å². The Morgan fingerprint density at radius 2 is 1.81 bits per heavy atom. The molecule has 4 heteroatoms. The maximum Gasteiger partial charge on any atom is 0.387 e. The van der Waals surface area contributed by atoms with Crippen molar-refractivity contribution in [3.63, 3.8) is 0 Å². The van der Waals surface area contributed by atoms with Gasteiger partial charge in [-0.25, -0.2) is 0 Å². The predicted octanol–water partition coefficient (Wildman–Crippen LogP) is 3.29. The van der Waals surface area contributed by atoms with Gasteiger partial charge in [-0.3, -0.25) is 0 Å². The lowest BCUT2D eigenvalue weighted by atomic mass is 10.1. The van der Waals surface area contributed by atoms with E-state index in [0.717, 1.165) is 5.57 Å². The molecular weight excluding hydrogens is 214 g/mol. The minimum atomic E-state index is -2.83. The molecule has 1 rings (SSSR count). The molecule has 0 aliphatic heterocycles. The van der Waals surface area contributed by atoms with Crippen LogP contribution in [0.25, 0.3) is 0 Å². The van der Waals surface area contributed by atoms with Crippen LogP contribution < -0.4 is 4.74 Å². The molecule has 1 unspecified atom stereocenters. The number of aliphatic hydroxyl groups is 1. The van der Waals surface area contributed by atoms with Gasteiger partial charge >= 0.3 is 6.61 Å². The van der Waals surface area contributed by atoms with E-state index in [4.69, 9.17) is 0 Å². The van der Waals surface area contributed by atoms with Gasteiger partial charge in [0.1, 0.15) is 5.75 Å². The van der Waals surface area contributed by atoms with Crippen LogP contribution in [-0.4, -0.2) is 11.7 Å². The average Bonchev–Trinajstić information content (AvgIpc) is 2.16. The molecule has 2 nitrogen and oxygen atoms in total. The van der Waals surface area contributed by atoms with Gasteiger partial charge in [0.25, 0.3) is 0 Å². The molecule has 0 radical (unpaired) electrons. The Labute approximate surface area is 93.2 Å². The molecule has 16 heavy (non-hydrogen) atoms. The van der Waals surface area contributed by atoms with Crippen LogP contribution in [0.4, 0.5) is 8.78 Å². The number of benzene rings is 1. The van der Waals surface area contributed by atoms with Gasteiger partial charge in [0.05, 0.1) is 6.10 Å². The van der Waals surface area contributed by atoms with Crippen molar-refractivity contribution in [2.75, 3.05) is 0 Å². The normalized spacial score (nSPS) is 12.4. The van der Waals surface area contributed by atoms with Crippen molar-refractivity contribution in [1.29, 1.82) is 0 Å². The third-order valence-electron chi connectivity index (χ3n) is 1.94. The first-order valence-corrected chi connectivity index (χ1v) is 4.87. The van der Waals surface area contributed by atoms with Gasteiger partial charge in [-0.2, -0.15) is 8.78 Å². The van der Waals surface area contributed by atoms with E-state index < -0.39 is 12.7 Å². The Balaban J connectivity index is 2.74. The number of halogens is 2. The molecule has 88 valence electrons. The van der Waals surface area contributed by atoms with Crippen LogP contribution in [0.15, 0.2) is 35.9 Å². The zero-order valence-corrected chi connectivity index (χ0v) is 9.15. The number of allylic oxidation sites excluding steroid dienone is 1. The third-order valence-corrected chi connectivity index (χ3v) is 1.94. The van der Waals surface area contributed by atoms with Crippen LogP contribution in [-0.2, 0) is 0 Å². The fourth-order valence-electron chi connectivity index (χ4n) is 1.26. The predicted molar refractivity (Wildman–Crippen MR) is 57.5 cm³/mol. The van der Waals surface area contributed by atoms with E-state index in [0.29, 0.717) is 5.56 Å². The summed E-state index contributed by atoms with van der Waals surface area (Å²) in [4.78, 5) is 0. The fourth-order valence-corrected chi connectivity index (χ4v) is 1.26. The summed E-state index contributed by atoms with van der Waals surface area (Å²) >= 11 is 0. The first-order valence-electron chi connectivity index (χ1n) is 4.87. The summed E-state index contributed by atoms with van der Waals surface area (Å²) in [6, 6.07) is 5.93. The van der Waals surface area contributed by atoms with Crippen LogP contribution in [0, 0.1) is 0 Å². The molecule has 1 aromatic carbocycles. The summed E-state index contributed by atoms with van der Waals surface area (Å²) < 4.78 is 27.9. The maximum absolute atomic E-state index is 11.9. The van der Waals surface area contributed by atoms with E-state index in [-0.39, 0.29) is 5.75 Å². The maximum atomic E-state index is 11.9. The summed E-state index contributed by atoms with van der Waals surface area (Å²) in [6.45, 7) is 0.920. The highest BCUT2D eigenvalue weighted by Crippen LogP contribution is 2.20. The highest BCUT2D eigenvalue weighted by atomic mass is 19.3. The van der Waals surface area contributed by atoms with Gasteiger partial charge in [0.15, 0.2) is 0 Å². The smallest absolute Gasteiger partial charge is 0.387 e. The summed E-state index contributed by atoms with van der Waals surface area (Å²) in [5.74, 6) is 0.0863. The first kappa shape index (κ1) is 12.6. The van der Waals surface area contributed by atoms with Crippen molar-refractivity contribution in [1.82, 2.24) is 0 Å². The fraction of sp³-hybridized carbons (Fsp3) is 0.333. The Kier molecular flexibility index (Phi) is 4.43. The second-order valence-electron chi connectivity index (χ2n) is 3.64. The Bertz CT molecular complexity index is 354. The number of hydrogen-bond acceptors (Lipinski definition) is 2. The van der Waals surface area contributed by atoms with Gasteiger partial charge in [-0.15, -0.1) is 0 Å². The summed E-state index contributed by atoms with van der Waals surface area (Å²) in [7, 11) is 0. The van der Waals surface area contributed by atoms with E-state index in [1.54, 1.807) is 18.2 Å². The molecule has 0 amide bonds. The van der Waals surface area contributed by atoms with Gasteiger partial charge in [-0.1, -0.05) is 23.8 Å². The van der Waals surface area contributed by atoms with E-state index in [1.165, 1.54) is 12.1 Å². The Hall–Kier alpha value is -1.42. The number of rotatable bonds is 4. The lowest BCUT2D eigenvalue weighted by molar-refractivity contribution is -0.0498. The first-order chi connectivity index (χ1) is 7.49. The minimum absolute atomic E-state index is 0.0863. The largest absolute Gasteiger partial charge is 0.435 e. The van der Waals surface area contributed by atoms with Gasteiger partial charge in [-0.05, 0) is 31.5 Å². The Morgan fingerprint density at radius 3 is 2.25 bits per heavy atom. The second-order valence-corrected chi connectivity index (χ2v) is 3.64. The molecule has 0 heterocycles. The van der Waals surface area contributed by atoms with Gasteiger partial charge in [0.2, 0.25) is 0 Å². The van der Waals surface area contributed by atoms with E-state index in [2.05, 4.69) is 4.74 Å². The van der Waals surface area contributed by atoms with Crippen molar-refractivity contribution < 1.29 is 18.6 Å². The summed E-state index contributed by atoms with van der Waals surface area (Å²) in [6.07, 6.45) is 0.966.